The summed E-state index contributed by atoms with van der Waals surface area (Å²) in [6.07, 6.45) is 1.19. The predicted octanol–water partition coefficient (Wildman–Crippen LogP) is 3.70. The Bertz CT molecular complexity index is 578. The molecule has 21 heavy (non-hydrogen) atoms. The van der Waals surface area contributed by atoms with Crippen LogP contribution in [0.2, 0.25) is 0 Å². The Hall–Kier alpha value is -1.81. The fourth-order valence-corrected chi connectivity index (χ4v) is 2.98. The molecule has 2 N–H and O–H groups in total. The van der Waals surface area contributed by atoms with Gasteiger partial charge in [-0.15, -0.1) is 11.3 Å². The molecule has 0 bridgehead atoms. The van der Waals surface area contributed by atoms with Crippen LogP contribution >= 0.6 is 11.3 Å². The van der Waals surface area contributed by atoms with Gasteiger partial charge in [0.15, 0.2) is 0 Å². The first kappa shape index (κ1) is 15.6. The van der Waals surface area contributed by atoms with Crippen molar-refractivity contribution < 1.29 is 4.79 Å². The Morgan fingerprint density at radius 2 is 2.00 bits per heavy atom. The van der Waals surface area contributed by atoms with E-state index in [1.54, 1.807) is 11.3 Å². The zero-order valence-electron chi connectivity index (χ0n) is 12.6. The number of amides is 1. The molecule has 0 aliphatic rings. The highest BCUT2D eigenvalue weighted by atomic mass is 32.1. The van der Waals surface area contributed by atoms with E-state index in [1.165, 1.54) is 4.88 Å². The maximum atomic E-state index is 12.5. The molecule has 1 aromatic heterocycles. The highest BCUT2D eigenvalue weighted by Gasteiger charge is 2.17. The number of carbonyl (C=O) groups excluding carboxylic acids is 1. The van der Waals surface area contributed by atoms with Crippen LogP contribution in [0.25, 0.3) is 0 Å². The molecule has 0 atom stereocenters. The molecule has 1 amide bonds. The van der Waals surface area contributed by atoms with Gasteiger partial charge in [-0.2, -0.15) is 0 Å². The summed E-state index contributed by atoms with van der Waals surface area (Å²) in [7, 11) is 0. The molecule has 0 fully saturated rings. The molecule has 2 rings (SSSR count). The lowest BCUT2D eigenvalue weighted by Crippen LogP contribution is -2.36. The molecule has 0 aliphatic heterocycles. The molecule has 0 saturated heterocycles. The van der Waals surface area contributed by atoms with Gasteiger partial charge < -0.3 is 10.6 Å². The number of carbonyl (C=O) groups is 1. The summed E-state index contributed by atoms with van der Waals surface area (Å²) in [5.74, 6) is 0.182. The van der Waals surface area contributed by atoms with Crippen molar-refractivity contribution in [1.82, 2.24) is 4.90 Å². The first-order valence-corrected chi connectivity index (χ1v) is 8.11. The Labute approximate surface area is 130 Å². The van der Waals surface area contributed by atoms with E-state index >= 15 is 0 Å². The SMILES string of the molecule is CC(C)N(Cc1cccs1)C(=O)CCc1ccccc1N. The Morgan fingerprint density at radius 3 is 2.62 bits per heavy atom. The summed E-state index contributed by atoms with van der Waals surface area (Å²) < 4.78 is 0. The second-order valence-electron chi connectivity index (χ2n) is 5.39. The molecule has 112 valence electrons. The molecule has 2 aromatic rings. The molecular formula is C17H22N2OS. The number of nitrogen functional groups attached to an aromatic ring is 1. The maximum absolute atomic E-state index is 12.5. The molecule has 0 saturated carbocycles. The van der Waals surface area contributed by atoms with Crippen LogP contribution in [0, 0.1) is 0 Å². The minimum atomic E-state index is 0.182. The number of para-hydroxylation sites is 1. The van der Waals surface area contributed by atoms with Crippen LogP contribution in [0.3, 0.4) is 0 Å². The van der Waals surface area contributed by atoms with E-state index in [4.69, 9.17) is 5.73 Å². The van der Waals surface area contributed by atoms with Crippen LogP contribution < -0.4 is 5.73 Å². The number of aryl methyl sites for hydroxylation is 1. The largest absolute Gasteiger partial charge is 0.399 e. The molecule has 1 heterocycles. The van der Waals surface area contributed by atoms with E-state index in [2.05, 4.69) is 19.9 Å². The number of nitrogens with zero attached hydrogens (tertiary/aromatic N) is 1. The number of benzene rings is 1. The topological polar surface area (TPSA) is 46.3 Å². The van der Waals surface area contributed by atoms with Crippen LogP contribution in [0.1, 0.15) is 30.7 Å². The van der Waals surface area contributed by atoms with Crippen LogP contribution in [-0.4, -0.2) is 16.8 Å². The number of hydrogen-bond donors (Lipinski definition) is 1. The third kappa shape index (κ3) is 4.33. The van der Waals surface area contributed by atoms with Gasteiger partial charge in [-0.1, -0.05) is 24.3 Å². The lowest BCUT2D eigenvalue weighted by atomic mass is 10.1. The highest BCUT2D eigenvalue weighted by molar-refractivity contribution is 7.09. The number of nitrogens with two attached hydrogens (primary N) is 1. The van der Waals surface area contributed by atoms with Crippen molar-refractivity contribution in [2.75, 3.05) is 5.73 Å². The van der Waals surface area contributed by atoms with Gasteiger partial charge in [0.05, 0.1) is 6.54 Å². The van der Waals surface area contributed by atoms with Crippen molar-refractivity contribution in [1.29, 1.82) is 0 Å². The number of hydrogen-bond acceptors (Lipinski definition) is 3. The highest BCUT2D eigenvalue weighted by Crippen LogP contribution is 2.17. The summed E-state index contributed by atoms with van der Waals surface area (Å²) in [6, 6.07) is 12.0. The normalized spacial score (nSPS) is 10.8. The Balaban J connectivity index is 1.97. The fraction of sp³-hybridized carbons (Fsp3) is 0.353. The Morgan fingerprint density at radius 1 is 1.24 bits per heavy atom. The summed E-state index contributed by atoms with van der Waals surface area (Å²) in [5, 5.41) is 2.04. The molecule has 3 nitrogen and oxygen atoms in total. The maximum Gasteiger partial charge on any atom is 0.223 e. The van der Waals surface area contributed by atoms with Crippen LogP contribution in [0.4, 0.5) is 5.69 Å². The number of anilines is 1. The molecule has 0 spiro atoms. The minimum absolute atomic E-state index is 0.182. The van der Waals surface area contributed by atoms with Gasteiger partial charge in [0.2, 0.25) is 5.91 Å². The average molecular weight is 302 g/mol. The van der Waals surface area contributed by atoms with Crippen LogP contribution in [0.15, 0.2) is 41.8 Å². The van der Waals surface area contributed by atoms with Gasteiger partial charge >= 0.3 is 0 Å². The van der Waals surface area contributed by atoms with Crippen molar-refractivity contribution in [3.05, 3.63) is 52.2 Å². The molecule has 0 aliphatic carbocycles. The van der Waals surface area contributed by atoms with Crippen LogP contribution in [0.5, 0.6) is 0 Å². The molecular weight excluding hydrogens is 280 g/mol. The van der Waals surface area contributed by atoms with Crippen molar-refractivity contribution in [3.63, 3.8) is 0 Å². The Kier molecular flexibility index (Phi) is 5.39. The third-order valence-electron chi connectivity index (χ3n) is 3.51. The predicted molar refractivity (Wildman–Crippen MR) is 89.2 cm³/mol. The monoisotopic (exact) mass is 302 g/mol. The molecule has 0 radical (unpaired) electrons. The van der Waals surface area contributed by atoms with E-state index < -0.39 is 0 Å². The summed E-state index contributed by atoms with van der Waals surface area (Å²) in [4.78, 5) is 15.6. The number of rotatable bonds is 6. The van der Waals surface area contributed by atoms with Gasteiger partial charge in [0.25, 0.3) is 0 Å². The molecule has 0 unspecified atom stereocenters. The van der Waals surface area contributed by atoms with E-state index in [-0.39, 0.29) is 11.9 Å². The van der Waals surface area contributed by atoms with Gasteiger partial charge in [-0.3, -0.25) is 4.79 Å². The lowest BCUT2D eigenvalue weighted by Gasteiger charge is -2.26. The molecule has 4 heteroatoms. The average Bonchev–Trinajstić information content (AvgIpc) is 2.96. The summed E-state index contributed by atoms with van der Waals surface area (Å²) in [5.41, 5.74) is 7.74. The zero-order chi connectivity index (χ0) is 15.2. The van der Waals surface area contributed by atoms with Crippen molar-refractivity contribution in [3.8, 4) is 0 Å². The number of thiophene rings is 1. The van der Waals surface area contributed by atoms with Crippen molar-refractivity contribution >= 4 is 22.9 Å². The zero-order valence-corrected chi connectivity index (χ0v) is 13.4. The summed E-state index contributed by atoms with van der Waals surface area (Å²) in [6.45, 7) is 4.81. The third-order valence-corrected chi connectivity index (χ3v) is 4.37. The van der Waals surface area contributed by atoms with Crippen molar-refractivity contribution in [2.24, 2.45) is 0 Å². The van der Waals surface area contributed by atoms with Gasteiger partial charge in [0.1, 0.15) is 0 Å². The van der Waals surface area contributed by atoms with Gasteiger partial charge in [0, 0.05) is 23.0 Å². The van der Waals surface area contributed by atoms with Crippen molar-refractivity contribution in [2.45, 2.75) is 39.3 Å². The van der Waals surface area contributed by atoms with Crippen LogP contribution in [-0.2, 0) is 17.8 Å². The van der Waals surface area contributed by atoms with E-state index in [1.807, 2.05) is 40.6 Å². The second kappa shape index (κ2) is 7.27. The minimum Gasteiger partial charge on any atom is -0.399 e. The van der Waals surface area contributed by atoms with E-state index in [0.717, 1.165) is 11.3 Å². The quantitative estimate of drug-likeness (QED) is 0.827. The second-order valence-corrected chi connectivity index (χ2v) is 6.43. The standard InChI is InChI=1S/C17H22N2OS/c1-13(2)19(12-15-7-5-11-21-15)17(20)10-9-14-6-3-4-8-16(14)18/h3-8,11,13H,9-10,12,18H2,1-2H3. The fourth-order valence-electron chi connectivity index (χ4n) is 2.28. The molecule has 1 aromatic carbocycles. The van der Waals surface area contributed by atoms with Gasteiger partial charge in [-0.25, -0.2) is 0 Å². The smallest absolute Gasteiger partial charge is 0.223 e. The van der Waals surface area contributed by atoms with Gasteiger partial charge in [-0.05, 0) is 43.3 Å². The first-order valence-electron chi connectivity index (χ1n) is 7.23. The van der Waals surface area contributed by atoms with E-state index in [0.29, 0.717) is 19.4 Å². The summed E-state index contributed by atoms with van der Waals surface area (Å²) >= 11 is 1.69. The lowest BCUT2D eigenvalue weighted by molar-refractivity contribution is -0.133. The van der Waals surface area contributed by atoms with E-state index in [9.17, 15) is 4.79 Å². The first-order chi connectivity index (χ1) is 10.1.